The summed E-state index contributed by atoms with van der Waals surface area (Å²) in [7, 11) is 0. The van der Waals surface area contributed by atoms with Gasteiger partial charge in [0.2, 0.25) is 0 Å². The summed E-state index contributed by atoms with van der Waals surface area (Å²) in [6, 6.07) is 9.59. The van der Waals surface area contributed by atoms with Crippen molar-refractivity contribution in [2.45, 2.75) is 13.8 Å². The van der Waals surface area contributed by atoms with Crippen molar-refractivity contribution in [3.05, 3.63) is 58.9 Å². The number of halogens is 1. The number of carboxylic acids is 1. The smallest absolute Gasteiger partial charge is 0.335 e. The van der Waals surface area contributed by atoms with Crippen molar-refractivity contribution in [1.82, 2.24) is 0 Å². The Balaban J connectivity index is 2.28. The fraction of sp³-hybridized carbons (Fsp3) is 0.133. The van der Waals surface area contributed by atoms with Gasteiger partial charge in [0.1, 0.15) is 5.82 Å². The first-order valence-corrected chi connectivity index (χ1v) is 5.84. The number of benzene rings is 2. The van der Waals surface area contributed by atoms with Crippen LogP contribution in [0.5, 0.6) is 0 Å². The standard InChI is InChI=1S/C15H14FNO2/c1-9-5-11(16)8-13(6-9)17-12-3-4-14(15(18)19)10(2)7-12/h3-8,17H,1-2H3,(H,18,19). The lowest BCUT2D eigenvalue weighted by Gasteiger charge is -2.09. The molecule has 0 spiro atoms. The van der Waals surface area contributed by atoms with Gasteiger partial charge in [0.05, 0.1) is 5.56 Å². The molecule has 0 atom stereocenters. The average Bonchev–Trinajstić information content (AvgIpc) is 2.26. The zero-order valence-corrected chi connectivity index (χ0v) is 10.7. The molecule has 0 aliphatic heterocycles. The van der Waals surface area contributed by atoms with Crippen molar-refractivity contribution in [3.8, 4) is 0 Å². The number of carbonyl (C=O) groups is 1. The second-order valence-electron chi connectivity index (χ2n) is 4.48. The van der Waals surface area contributed by atoms with Gasteiger partial charge in [-0.2, -0.15) is 0 Å². The van der Waals surface area contributed by atoms with Crippen LogP contribution in [0.15, 0.2) is 36.4 Å². The maximum Gasteiger partial charge on any atom is 0.335 e. The molecule has 0 bridgehead atoms. The highest BCUT2D eigenvalue weighted by atomic mass is 19.1. The molecule has 0 unspecified atom stereocenters. The SMILES string of the molecule is Cc1cc(F)cc(Nc2ccc(C(=O)O)c(C)c2)c1. The predicted molar refractivity (Wildman–Crippen MR) is 72.6 cm³/mol. The number of carboxylic acid groups (broad SMARTS) is 1. The Kier molecular flexibility index (Phi) is 3.51. The molecule has 3 nitrogen and oxygen atoms in total. The third kappa shape index (κ3) is 3.10. The Morgan fingerprint density at radius 3 is 2.42 bits per heavy atom. The van der Waals surface area contributed by atoms with E-state index in [1.807, 2.05) is 13.0 Å². The molecular formula is C15H14FNO2. The molecule has 98 valence electrons. The quantitative estimate of drug-likeness (QED) is 0.879. The van der Waals surface area contributed by atoms with Crippen LogP contribution in [0.3, 0.4) is 0 Å². The van der Waals surface area contributed by atoms with Gasteiger partial charge in [-0.05, 0) is 61.4 Å². The Bertz CT molecular complexity index is 618. The monoisotopic (exact) mass is 259 g/mol. The van der Waals surface area contributed by atoms with E-state index in [0.29, 0.717) is 11.3 Å². The van der Waals surface area contributed by atoms with Crippen LogP contribution < -0.4 is 5.32 Å². The van der Waals surface area contributed by atoms with Gasteiger partial charge in [-0.3, -0.25) is 0 Å². The fourth-order valence-electron chi connectivity index (χ4n) is 1.96. The van der Waals surface area contributed by atoms with Crippen molar-refractivity contribution in [2.75, 3.05) is 5.32 Å². The summed E-state index contributed by atoms with van der Waals surface area (Å²) >= 11 is 0. The third-order valence-electron chi connectivity index (χ3n) is 2.79. The highest BCUT2D eigenvalue weighted by Gasteiger charge is 2.07. The number of aromatic carboxylic acids is 1. The van der Waals surface area contributed by atoms with E-state index >= 15 is 0 Å². The van der Waals surface area contributed by atoms with Crippen molar-refractivity contribution in [2.24, 2.45) is 0 Å². The van der Waals surface area contributed by atoms with Crippen LogP contribution in [0, 0.1) is 19.7 Å². The Labute approximate surface area is 110 Å². The molecule has 4 heteroatoms. The molecule has 2 aromatic rings. The van der Waals surface area contributed by atoms with Gasteiger partial charge in [0.15, 0.2) is 0 Å². The Hall–Kier alpha value is -2.36. The van der Waals surface area contributed by atoms with Crippen molar-refractivity contribution in [3.63, 3.8) is 0 Å². The number of nitrogens with one attached hydrogen (secondary N) is 1. The first-order valence-electron chi connectivity index (χ1n) is 5.84. The van der Waals surface area contributed by atoms with E-state index in [1.165, 1.54) is 18.2 Å². The highest BCUT2D eigenvalue weighted by molar-refractivity contribution is 5.90. The number of hydrogen-bond acceptors (Lipinski definition) is 2. The zero-order valence-electron chi connectivity index (χ0n) is 10.7. The van der Waals surface area contributed by atoms with E-state index in [0.717, 1.165) is 11.3 Å². The van der Waals surface area contributed by atoms with Crippen LogP contribution in [-0.4, -0.2) is 11.1 Å². The molecule has 0 saturated heterocycles. The first kappa shape index (κ1) is 13.1. The fourth-order valence-corrected chi connectivity index (χ4v) is 1.96. The van der Waals surface area contributed by atoms with Gasteiger partial charge in [0.25, 0.3) is 0 Å². The van der Waals surface area contributed by atoms with Crippen LogP contribution in [0.4, 0.5) is 15.8 Å². The maximum absolute atomic E-state index is 13.3. The van der Waals surface area contributed by atoms with Gasteiger partial charge < -0.3 is 10.4 Å². The van der Waals surface area contributed by atoms with Crippen molar-refractivity contribution in [1.29, 1.82) is 0 Å². The summed E-state index contributed by atoms with van der Waals surface area (Å²) in [6.45, 7) is 3.54. The van der Waals surface area contributed by atoms with Gasteiger partial charge in [-0.25, -0.2) is 9.18 Å². The van der Waals surface area contributed by atoms with Gasteiger partial charge >= 0.3 is 5.97 Å². The third-order valence-corrected chi connectivity index (χ3v) is 2.79. The molecule has 0 heterocycles. The molecule has 0 amide bonds. The van der Waals surface area contributed by atoms with Crippen LogP contribution in [0.1, 0.15) is 21.5 Å². The molecule has 2 rings (SSSR count). The van der Waals surface area contributed by atoms with E-state index in [-0.39, 0.29) is 11.4 Å². The van der Waals surface area contributed by atoms with Gasteiger partial charge in [-0.1, -0.05) is 0 Å². The van der Waals surface area contributed by atoms with Crippen molar-refractivity contribution < 1.29 is 14.3 Å². The summed E-state index contributed by atoms with van der Waals surface area (Å²) < 4.78 is 13.3. The van der Waals surface area contributed by atoms with E-state index in [4.69, 9.17) is 5.11 Å². The number of aryl methyl sites for hydroxylation is 2. The summed E-state index contributed by atoms with van der Waals surface area (Å²) in [5.74, 6) is -1.26. The van der Waals surface area contributed by atoms with E-state index in [9.17, 15) is 9.18 Å². The molecule has 0 aromatic heterocycles. The van der Waals surface area contributed by atoms with Crippen LogP contribution in [-0.2, 0) is 0 Å². The largest absolute Gasteiger partial charge is 0.478 e. The summed E-state index contributed by atoms with van der Waals surface area (Å²) in [5.41, 5.74) is 3.11. The van der Waals surface area contributed by atoms with Gasteiger partial charge in [-0.15, -0.1) is 0 Å². The minimum Gasteiger partial charge on any atom is -0.478 e. The minimum atomic E-state index is -0.953. The van der Waals surface area contributed by atoms with Crippen LogP contribution in [0.2, 0.25) is 0 Å². The lowest BCUT2D eigenvalue weighted by Crippen LogP contribution is -2.00. The molecule has 2 aromatic carbocycles. The number of rotatable bonds is 3. The summed E-state index contributed by atoms with van der Waals surface area (Å²) in [6.07, 6.45) is 0. The molecular weight excluding hydrogens is 245 g/mol. The van der Waals surface area contributed by atoms with Crippen molar-refractivity contribution >= 4 is 17.3 Å². The van der Waals surface area contributed by atoms with Crippen LogP contribution >= 0.6 is 0 Å². The van der Waals surface area contributed by atoms with Gasteiger partial charge in [0, 0.05) is 11.4 Å². The molecule has 0 radical (unpaired) electrons. The zero-order chi connectivity index (χ0) is 14.0. The maximum atomic E-state index is 13.3. The normalized spacial score (nSPS) is 10.3. The van der Waals surface area contributed by atoms with E-state index in [2.05, 4.69) is 5.32 Å². The van der Waals surface area contributed by atoms with E-state index < -0.39 is 5.97 Å². The minimum absolute atomic E-state index is 0.265. The molecule has 19 heavy (non-hydrogen) atoms. The Morgan fingerprint density at radius 1 is 1.11 bits per heavy atom. The lowest BCUT2D eigenvalue weighted by molar-refractivity contribution is 0.0696. The predicted octanol–water partition coefficient (Wildman–Crippen LogP) is 3.88. The number of hydrogen-bond donors (Lipinski definition) is 2. The highest BCUT2D eigenvalue weighted by Crippen LogP contribution is 2.21. The summed E-state index contributed by atoms with van der Waals surface area (Å²) in [5, 5.41) is 12.0. The second kappa shape index (κ2) is 5.10. The molecule has 0 saturated carbocycles. The van der Waals surface area contributed by atoms with E-state index in [1.54, 1.807) is 19.1 Å². The molecule has 0 aliphatic rings. The van der Waals surface area contributed by atoms with Crippen LogP contribution in [0.25, 0.3) is 0 Å². The molecule has 2 N–H and O–H groups in total. The Morgan fingerprint density at radius 2 is 1.84 bits per heavy atom. The second-order valence-corrected chi connectivity index (χ2v) is 4.48. The molecule has 0 fully saturated rings. The summed E-state index contributed by atoms with van der Waals surface area (Å²) in [4.78, 5) is 10.9. The average molecular weight is 259 g/mol. The first-order chi connectivity index (χ1) is 8.95. The lowest BCUT2D eigenvalue weighted by atomic mass is 10.1. The topological polar surface area (TPSA) is 49.3 Å². The molecule has 0 aliphatic carbocycles. The number of anilines is 2.